The predicted molar refractivity (Wildman–Crippen MR) is 59.4 cm³/mol. The first-order chi connectivity index (χ1) is 7.65. The van der Waals surface area contributed by atoms with Crippen LogP contribution in [0, 0.1) is 11.6 Å². The Morgan fingerprint density at radius 2 is 1.88 bits per heavy atom. The van der Waals surface area contributed by atoms with E-state index in [0.29, 0.717) is 18.6 Å². The fourth-order valence-electron chi connectivity index (χ4n) is 1.61. The van der Waals surface area contributed by atoms with Crippen LogP contribution in [0.5, 0.6) is 0 Å². The molecule has 1 aromatic rings. The minimum absolute atomic E-state index is 0.205. The summed E-state index contributed by atoms with van der Waals surface area (Å²) in [4.78, 5) is 0. The molecule has 0 bridgehead atoms. The average molecular weight is 229 g/mol. The molecule has 16 heavy (non-hydrogen) atoms. The summed E-state index contributed by atoms with van der Waals surface area (Å²) >= 11 is 0. The van der Waals surface area contributed by atoms with Crippen LogP contribution in [0.4, 0.5) is 8.78 Å². The van der Waals surface area contributed by atoms with Crippen LogP contribution in [0.3, 0.4) is 0 Å². The van der Waals surface area contributed by atoms with Crippen molar-refractivity contribution in [3.05, 3.63) is 35.4 Å². The summed E-state index contributed by atoms with van der Waals surface area (Å²) in [6, 6.07) is 3.82. The molecular formula is C12H17F2NO. The first-order valence-electron chi connectivity index (χ1n) is 5.27. The molecule has 1 N–H and O–H groups in total. The van der Waals surface area contributed by atoms with Gasteiger partial charge in [-0.15, -0.1) is 0 Å². The van der Waals surface area contributed by atoms with Gasteiger partial charge in [0, 0.05) is 19.2 Å². The van der Waals surface area contributed by atoms with Gasteiger partial charge < -0.3 is 10.1 Å². The van der Waals surface area contributed by atoms with Crippen molar-refractivity contribution in [2.75, 3.05) is 20.8 Å². The highest BCUT2D eigenvalue weighted by Gasteiger charge is 2.07. The van der Waals surface area contributed by atoms with Crippen molar-refractivity contribution < 1.29 is 13.5 Å². The molecule has 0 saturated carbocycles. The van der Waals surface area contributed by atoms with Crippen molar-refractivity contribution >= 4 is 0 Å². The summed E-state index contributed by atoms with van der Waals surface area (Å²) in [7, 11) is 3.47. The van der Waals surface area contributed by atoms with Gasteiger partial charge in [-0.05, 0) is 37.6 Å². The number of likely N-dealkylation sites (N-methyl/N-ethyl adjacent to an activating group) is 1. The number of nitrogens with one attached hydrogen (secondary N) is 1. The Balaban J connectivity index is 2.52. The van der Waals surface area contributed by atoms with Crippen molar-refractivity contribution in [3.8, 4) is 0 Å². The second-order valence-electron chi connectivity index (χ2n) is 3.76. The van der Waals surface area contributed by atoms with Gasteiger partial charge in [0.25, 0.3) is 0 Å². The quantitative estimate of drug-likeness (QED) is 0.807. The molecule has 1 atom stereocenters. The van der Waals surface area contributed by atoms with E-state index >= 15 is 0 Å². The molecule has 0 saturated heterocycles. The lowest BCUT2D eigenvalue weighted by atomic mass is 10.1. The molecule has 0 aliphatic rings. The zero-order valence-electron chi connectivity index (χ0n) is 9.59. The first kappa shape index (κ1) is 13.1. The SMILES string of the molecule is CNC(CCc1cc(F)cc(F)c1)COC. The van der Waals surface area contributed by atoms with E-state index < -0.39 is 11.6 Å². The lowest BCUT2D eigenvalue weighted by Gasteiger charge is -2.14. The monoisotopic (exact) mass is 229 g/mol. The van der Waals surface area contributed by atoms with Crippen LogP contribution in [-0.2, 0) is 11.2 Å². The van der Waals surface area contributed by atoms with Gasteiger partial charge in [0.2, 0.25) is 0 Å². The second kappa shape index (κ2) is 6.55. The summed E-state index contributed by atoms with van der Waals surface area (Å²) in [5, 5.41) is 3.09. The largest absolute Gasteiger partial charge is 0.383 e. The maximum atomic E-state index is 12.9. The molecular weight excluding hydrogens is 212 g/mol. The van der Waals surface area contributed by atoms with E-state index in [1.165, 1.54) is 12.1 Å². The van der Waals surface area contributed by atoms with E-state index in [0.717, 1.165) is 12.5 Å². The number of hydrogen-bond donors (Lipinski definition) is 1. The Morgan fingerprint density at radius 1 is 1.25 bits per heavy atom. The topological polar surface area (TPSA) is 21.3 Å². The fourth-order valence-corrected chi connectivity index (χ4v) is 1.61. The summed E-state index contributed by atoms with van der Waals surface area (Å²) in [6.07, 6.45) is 1.41. The number of hydrogen-bond acceptors (Lipinski definition) is 2. The second-order valence-corrected chi connectivity index (χ2v) is 3.76. The maximum Gasteiger partial charge on any atom is 0.126 e. The molecule has 0 fully saturated rings. The van der Waals surface area contributed by atoms with E-state index in [2.05, 4.69) is 5.32 Å². The lowest BCUT2D eigenvalue weighted by Crippen LogP contribution is -2.30. The number of ether oxygens (including phenoxy) is 1. The fraction of sp³-hybridized carbons (Fsp3) is 0.500. The van der Waals surface area contributed by atoms with Gasteiger partial charge in [0.1, 0.15) is 11.6 Å². The molecule has 1 unspecified atom stereocenters. The molecule has 1 aromatic carbocycles. The Morgan fingerprint density at radius 3 is 2.38 bits per heavy atom. The predicted octanol–water partition coefficient (Wildman–Crippen LogP) is 2.13. The molecule has 2 nitrogen and oxygen atoms in total. The summed E-state index contributed by atoms with van der Waals surface area (Å²) < 4.78 is 30.8. The number of halogens is 2. The van der Waals surface area contributed by atoms with Crippen molar-refractivity contribution in [1.29, 1.82) is 0 Å². The van der Waals surface area contributed by atoms with Crippen LogP contribution in [0.1, 0.15) is 12.0 Å². The number of benzene rings is 1. The van der Waals surface area contributed by atoms with Crippen molar-refractivity contribution in [2.45, 2.75) is 18.9 Å². The normalized spacial score (nSPS) is 12.8. The van der Waals surface area contributed by atoms with Crippen LogP contribution in [0.15, 0.2) is 18.2 Å². The summed E-state index contributed by atoms with van der Waals surface area (Å²) in [5.41, 5.74) is 0.675. The smallest absolute Gasteiger partial charge is 0.126 e. The van der Waals surface area contributed by atoms with E-state index in [1.807, 2.05) is 7.05 Å². The third-order valence-electron chi connectivity index (χ3n) is 2.48. The highest BCUT2D eigenvalue weighted by Crippen LogP contribution is 2.11. The van der Waals surface area contributed by atoms with Gasteiger partial charge >= 0.3 is 0 Å². The Hall–Kier alpha value is -1.00. The Bertz CT molecular complexity index is 311. The van der Waals surface area contributed by atoms with Crippen molar-refractivity contribution in [1.82, 2.24) is 5.32 Å². The molecule has 0 radical (unpaired) electrons. The minimum atomic E-state index is -0.525. The molecule has 0 aliphatic heterocycles. The summed E-state index contributed by atoms with van der Waals surface area (Å²) in [5.74, 6) is -1.05. The van der Waals surface area contributed by atoms with E-state index in [-0.39, 0.29) is 6.04 Å². The highest BCUT2D eigenvalue weighted by atomic mass is 19.1. The minimum Gasteiger partial charge on any atom is -0.383 e. The average Bonchev–Trinajstić information content (AvgIpc) is 2.23. The molecule has 0 heterocycles. The molecule has 0 amide bonds. The van der Waals surface area contributed by atoms with Crippen molar-refractivity contribution in [3.63, 3.8) is 0 Å². The van der Waals surface area contributed by atoms with Crippen LogP contribution in [-0.4, -0.2) is 26.8 Å². The maximum absolute atomic E-state index is 12.9. The van der Waals surface area contributed by atoms with Crippen LogP contribution >= 0.6 is 0 Å². The Kier molecular flexibility index (Phi) is 5.35. The third kappa shape index (κ3) is 4.24. The van der Waals surface area contributed by atoms with Crippen LogP contribution in [0.25, 0.3) is 0 Å². The highest BCUT2D eigenvalue weighted by molar-refractivity contribution is 5.18. The van der Waals surface area contributed by atoms with Gasteiger partial charge in [-0.1, -0.05) is 0 Å². The van der Waals surface area contributed by atoms with Gasteiger partial charge in [-0.3, -0.25) is 0 Å². The van der Waals surface area contributed by atoms with Crippen molar-refractivity contribution in [2.24, 2.45) is 0 Å². The van der Waals surface area contributed by atoms with Gasteiger partial charge in [0.15, 0.2) is 0 Å². The van der Waals surface area contributed by atoms with E-state index in [9.17, 15) is 8.78 Å². The van der Waals surface area contributed by atoms with E-state index in [4.69, 9.17) is 4.74 Å². The first-order valence-corrected chi connectivity index (χ1v) is 5.27. The van der Waals surface area contributed by atoms with Gasteiger partial charge in [-0.25, -0.2) is 8.78 Å². The van der Waals surface area contributed by atoms with Crippen LogP contribution in [0.2, 0.25) is 0 Å². The van der Waals surface area contributed by atoms with Gasteiger partial charge in [-0.2, -0.15) is 0 Å². The van der Waals surface area contributed by atoms with E-state index in [1.54, 1.807) is 7.11 Å². The van der Waals surface area contributed by atoms with Gasteiger partial charge in [0.05, 0.1) is 6.61 Å². The molecule has 0 spiro atoms. The zero-order chi connectivity index (χ0) is 12.0. The standard InChI is InChI=1S/C12H17F2NO/c1-15-12(8-16-2)4-3-9-5-10(13)7-11(14)6-9/h5-7,12,15H,3-4,8H2,1-2H3. The van der Waals surface area contributed by atoms with Crippen LogP contribution < -0.4 is 5.32 Å². The molecule has 90 valence electrons. The molecule has 4 heteroatoms. The Labute approximate surface area is 94.6 Å². The molecule has 1 rings (SSSR count). The lowest BCUT2D eigenvalue weighted by molar-refractivity contribution is 0.166. The third-order valence-corrected chi connectivity index (χ3v) is 2.48. The molecule has 0 aliphatic carbocycles. The number of aryl methyl sites for hydroxylation is 1. The zero-order valence-corrected chi connectivity index (χ0v) is 9.59. The molecule has 0 aromatic heterocycles. The summed E-state index contributed by atoms with van der Waals surface area (Å²) in [6.45, 7) is 0.592. The number of methoxy groups -OCH3 is 1. The number of rotatable bonds is 6.